The predicted octanol–water partition coefficient (Wildman–Crippen LogP) is 21.0. The zero-order valence-corrected chi connectivity index (χ0v) is 65.9. The molecule has 0 bridgehead atoms. The zero-order valence-electron chi connectivity index (χ0n) is 59.8. The number of fused-ring (bicyclic) bond motifs is 3. The Hall–Kier alpha value is -9.72. The summed E-state index contributed by atoms with van der Waals surface area (Å²) in [5.41, 5.74) is 7.41. The zero-order chi connectivity index (χ0) is 72.5. The van der Waals surface area contributed by atoms with E-state index in [9.17, 15) is 0 Å². The number of pyridine rings is 5. The van der Waals surface area contributed by atoms with Crippen LogP contribution in [-0.4, -0.2) is 31.6 Å². The third-order valence-corrected chi connectivity index (χ3v) is 33.5. The number of aromatic nitrogens is 5. The third kappa shape index (κ3) is 19.1. The lowest BCUT2D eigenvalue weighted by atomic mass is 10.1. The number of rotatable bonds is 17. The summed E-state index contributed by atoms with van der Waals surface area (Å²) >= 11 is 3.68. The molecule has 0 fully saturated rings. The average molecular weight is 1500 g/mol. The fraction of sp³-hybridized carbons (Fsp3) is 0.0745. The monoisotopic (exact) mass is 1500 g/mol. The van der Waals surface area contributed by atoms with Gasteiger partial charge in [0.05, 0.1) is 22.2 Å². The van der Waals surface area contributed by atoms with E-state index < -0.39 is 23.8 Å². The van der Waals surface area contributed by atoms with Gasteiger partial charge in [0, 0.05) is 97.6 Å². The number of thiophene rings is 2. The fourth-order valence-electron chi connectivity index (χ4n) is 12.9. The van der Waals surface area contributed by atoms with Crippen molar-refractivity contribution in [1.82, 2.24) is 24.9 Å². The molecule has 0 N–H and O–H groups in total. The maximum atomic E-state index is 4.68. The van der Waals surface area contributed by atoms with Crippen LogP contribution in [0.5, 0.6) is 0 Å². The molecule has 0 radical (unpaired) electrons. The Bertz CT molecular complexity index is 5250. The second-order valence-corrected chi connectivity index (χ2v) is 39.6. The summed E-state index contributed by atoms with van der Waals surface area (Å²) in [6.45, 7) is 9.26. The summed E-state index contributed by atoms with van der Waals surface area (Å²) in [4.78, 5) is 23.0. The first-order chi connectivity index (χ1) is 52.3. The number of nitrogens with zero attached hydrogens (tertiary/aromatic N) is 5. The van der Waals surface area contributed by atoms with E-state index in [1.165, 1.54) is 78.7 Å². The average Bonchev–Trinajstić information content (AvgIpc) is 1.21. The number of benzene rings is 10. The summed E-state index contributed by atoms with van der Waals surface area (Å²) in [5.74, 6) is 0. The van der Waals surface area contributed by atoms with Crippen LogP contribution in [0.15, 0.2) is 406 Å². The minimum atomic E-state index is -0.533. The Morgan fingerprint density at radius 1 is 0.321 bits per heavy atom. The summed E-state index contributed by atoms with van der Waals surface area (Å²) in [6, 6.07) is 129. The van der Waals surface area contributed by atoms with Gasteiger partial charge >= 0.3 is 0 Å². The lowest BCUT2D eigenvalue weighted by Gasteiger charge is -2.35. The van der Waals surface area contributed by atoms with Crippen LogP contribution in [0.3, 0.4) is 0 Å². The molecular formula is C94H82N5P5S2. The number of hydrogen-bond acceptors (Lipinski definition) is 7. The van der Waals surface area contributed by atoms with Crippen molar-refractivity contribution >= 4 is 152 Å². The molecule has 0 aliphatic heterocycles. The van der Waals surface area contributed by atoms with Gasteiger partial charge in [-0.1, -0.05) is 316 Å². The van der Waals surface area contributed by atoms with Gasteiger partial charge in [0.25, 0.3) is 0 Å². The van der Waals surface area contributed by atoms with Crippen molar-refractivity contribution in [2.24, 2.45) is 0 Å². The van der Waals surface area contributed by atoms with E-state index >= 15 is 0 Å². The Morgan fingerprint density at radius 2 is 0.698 bits per heavy atom. The van der Waals surface area contributed by atoms with E-state index in [0.717, 1.165) is 34.1 Å². The van der Waals surface area contributed by atoms with Gasteiger partial charge in [-0.3, -0.25) is 24.9 Å². The highest BCUT2D eigenvalue weighted by atomic mass is 32.1. The van der Waals surface area contributed by atoms with Crippen LogP contribution in [0.1, 0.15) is 43.4 Å². The molecule has 12 heteroatoms. The van der Waals surface area contributed by atoms with Gasteiger partial charge in [-0.05, 0) is 160 Å². The van der Waals surface area contributed by atoms with Crippen molar-refractivity contribution < 1.29 is 0 Å². The van der Waals surface area contributed by atoms with Gasteiger partial charge in [-0.2, -0.15) is 0 Å². The van der Waals surface area contributed by atoms with Gasteiger partial charge in [0.1, 0.15) is 0 Å². The molecule has 5 nitrogen and oxygen atoms in total. The van der Waals surface area contributed by atoms with Crippen molar-refractivity contribution in [3.63, 3.8) is 0 Å². The molecule has 0 amide bonds. The van der Waals surface area contributed by atoms with Crippen molar-refractivity contribution in [2.45, 2.75) is 37.7 Å². The van der Waals surface area contributed by atoms with Crippen molar-refractivity contribution in [3.8, 4) is 0 Å². The quantitative estimate of drug-likeness (QED) is 0.0850. The van der Waals surface area contributed by atoms with Gasteiger partial charge in [-0.25, -0.2) is 0 Å². The lowest BCUT2D eigenvalue weighted by molar-refractivity contribution is 0.737. The van der Waals surface area contributed by atoms with E-state index in [1.807, 2.05) is 84.0 Å². The molecule has 17 rings (SSSR count). The normalized spacial score (nSPS) is 11.7. The van der Waals surface area contributed by atoms with E-state index in [1.54, 1.807) is 0 Å². The van der Waals surface area contributed by atoms with E-state index in [2.05, 4.69) is 397 Å². The van der Waals surface area contributed by atoms with E-state index in [-0.39, 0.29) is 21.0 Å². The smallest absolute Gasteiger partial charge is 0.0785 e. The van der Waals surface area contributed by atoms with E-state index in [4.69, 9.17) is 0 Å². The molecule has 520 valence electrons. The maximum Gasteiger partial charge on any atom is 0.0785 e. The van der Waals surface area contributed by atoms with Crippen LogP contribution in [0, 0.1) is 0 Å². The fourth-order valence-corrected chi connectivity index (χ4v) is 27.7. The summed E-state index contributed by atoms with van der Waals surface area (Å²) < 4.78 is 2.87. The van der Waals surface area contributed by atoms with Crippen LogP contribution >= 0.6 is 62.3 Å². The molecule has 2 unspecified atom stereocenters. The third-order valence-electron chi connectivity index (χ3n) is 18.1. The SMILES string of the molecule is CC(C)(c1ccccn1)P(c1ccccc1)c1ccccc1.CC(c1cccc2cccnc12)P(c1ccccc1)c1ccccc1.CP(c1ccccc1)c1cccc2cccnc12.c1ccc(P(Cc2ccccn2)c2ccccc2)cc1.c1csc(P(c2cccs2)c2cccc3cccnc23)c1. The lowest BCUT2D eigenvalue weighted by Crippen LogP contribution is -2.28. The first-order valence-electron chi connectivity index (χ1n) is 35.4. The highest BCUT2D eigenvalue weighted by Gasteiger charge is 2.35. The van der Waals surface area contributed by atoms with Crippen LogP contribution in [0.25, 0.3) is 32.7 Å². The van der Waals surface area contributed by atoms with Gasteiger partial charge in [0.15, 0.2) is 0 Å². The summed E-state index contributed by atoms with van der Waals surface area (Å²) in [7, 11) is -2.25. The van der Waals surface area contributed by atoms with Gasteiger partial charge in [-0.15, -0.1) is 22.7 Å². The molecule has 2 atom stereocenters. The highest BCUT2D eigenvalue weighted by molar-refractivity contribution is 7.87. The first kappa shape index (κ1) is 74.5. The summed E-state index contributed by atoms with van der Waals surface area (Å²) in [5, 5.41) is 20.4. The van der Waals surface area contributed by atoms with Crippen molar-refractivity contribution in [1.29, 1.82) is 0 Å². The van der Waals surface area contributed by atoms with Crippen molar-refractivity contribution in [3.05, 3.63) is 423 Å². The van der Waals surface area contributed by atoms with Gasteiger partial charge < -0.3 is 0 Å². The largest absolute Gasteiger partial charge is 0.261 e. The maximum absolute atomic E-state index is 4.68. The number of hydrogen-bond donors (Lipinski definition) is 0. The minimum Gasteiger partial charge on any atom is -0.261 e. The molecule has 0 aliphatic carbocycles. The van der Waals surface area contributed by atoms with Crippen LogP contribution < -0.4 is 57.0 Å². The molecule has 0 spiro atoms. The Kier molecular flexibility index (Phi) is 26.7. The summed E-state index contributed by atoms with van der Waals surface area (Å²) in [6.07, 6.45) is 10.4. The van der Waals surface area contributed by atoms with Crippen LogP contribution in [0.4, 0.5) is 0 Å². The minimum absolute atomic E-state index is 0.0285. The predicted molar refractivity (Wildman–Crippen MR) is 469 cm³/mol. The van der Waals surface area contributed by atoms with Crippen LogP contribution in [0.2, 0.25) is 0 Å². The number of para-hydroxylation sites is 3. The van der Waals surface area contributed by atoms with E-state index in [0.29, 0.717) is 5.66 Å². The second kappa shape index (κ2) is 38.0. The Balaban J connectivity index is 0.000000118. The molecule has 17 aromatic rings. The molecular weight excluding hydrogens is 1420 g/mol. The molecule has 0 saturated heterocycles. The Morgan fingerprint density at radius 3 is 1.14 bits per heavy atom. The molecule has 7 heterocycles. The topological polar surface area (TPSA) is 64.5 Å². The highest BCUT2D eigenvalue weighted by Crippen LogP contribution is 2.54. The van der Waals surface area contributed by atoms with Crippen LogP contribution in [-0.2, 0) is 11.3 Å². The standard InChI is InChI=1S/C23H20NP.C20H20NP.C18H16NP.C17H12NPS2.C16H14NP/c1-18(22-16-8-10-19-11-9-17-24-23(19)22)25(20-12-4-2-5-13-20)21-14-6-3-7-15-21;1-20(2,19-15-9-10-16-21-19)22(17-11-5-3-6-12-17)18-13-7-4-8-14-18;1-3-10-17(11-4-1)20(18-12-5-2-6-13-18)15-16-9-7-8-14-19-16;1-5-13-6-2-10-18-17(13)14(7-1)19(15-8-3-11-20-15)16-9-4-12-21-16;1-18(14-9-3-2-4-10-14)15-11-5-7-13-8-6-12-17-16(13)15/h2-18H,1H3;3-16H,1-2H3;1-14H,15H2;1-12H;2-12H,1H3. The Labute approximate surface area is 639 Å². The van der Waals surface area contributed by atoms with Crippen molar-refractivity contribution in [2.75, 3.05) is 6.66 Å². The van der Waals surface area contributed by atoms with Gasteiger partial charge in [0.2, 0.25) is 0 Å². The molecule has 0 saturated carbocycles. The molecule has 106 heavy (non-hydrogen) atoms. The molecule has 0 aliphatic rings. The molecule has 7 aromatic heterocycles. The second-order valence-electron chi connectivity index (χ2n) is 25.3. The first-order valence-corrected chi connectivity index (χ1v) is 44.6. The molecule has 10 aromatic carbocycles.